The van der Waals surface area contributed by atoms with Crippen LogP contribution in [0.15, 0.2) is 22.8 Å². The van der Waals surface area contributed by atoms with Crippen molar-refractivity contribution in [2.24, 2.45) is 39.4 Å². The molecule has 0 aliphatic heterocycles. The largest absolute Gasteiger partial charge is 0.462 e. The van der Waals surface area contributed by atoms with Crippen molar-refractivity contribution in [2.45, 2.75) is 133 Å². The van der Waals surface area contributed by atoms with E-state index in [2.05, 4.69) is 61.5 Å². The minimum atomic E-state index is -0.112. The topological polar surface area (TPSA) is 26.3 Å². The molecule has 0 heterocycles. The predicted molar refractivity (Wildman–Crippen MR) is 142 cm³/mol. The molecule has 2 heteroatoms. The molecule has 0 aromatic rings. The number of esters is 1. The van der Waals surface area contributed by atoms with Crippen LogP contribution in [0.3, 0.4) is 0 Å². The smallest absolute Gasteiger partial charge is 0.302 e. The van der Waals surface area contributed by atoms with Crippen molar-refractivity contribution in [3.05, 3.63) is 22.8 Å². The van der Waals surface area contributed by atoms with E-state index in [1.807, 2.05) is 11.1 Å². The van der Waals surface area contributed by atoms with Gasteiger partial charge in [0.2, 0.25) is 0 Å². The third kappa shape index (κ3) is 3.85. The van der Waals surface area contributed by atoms with Gasteiger partial charge in [-0.15, -0.1) is 0 Å². The second-order valence-corrected chi connectivity index (χ2v) is 14.2. The average molecular weight is 469 g/mol. The quantitative estimate of drug-likeness (QED) is 0.297. The summed E-state index contributed by atoms with van der Waals surface area (Å²) in [6, 6.07) is 0. The fraction of sp³-hybridized carbons (Fsp3) is 0.844. The lowest BCUT2D eigenvalue weighted by atomic mass is 9.36. The lowest BCUT2D eigenvalue weighted by molar-refractivity contribution is -0.210. The van der Waals surface area contributed by atoms with Crippen LogP contribution in [-0.2, 0) is 9.53 Å². The van der Waals surface area contributed by atoms with Gasteiger partial charge in [0.15, 0.2) is 0 Å². The SMILES string of the molecule is CC(=O)O[C@H]1CC[C@@]2(C)[C@@H](CC[C@]3(C)[C@H]2CCC2=C([C@@H](C)CCC=C(C)C)CC[C@]23C)C1(C)C. The normalized spacial score (nSPS) is 41.7. The van der Waals surface area contributed by atoms with Crippen LogP contribution in [0.4, 0.5) is 0 Å². The number of hydrogen-bond donors (Lipinski definition) is 0. The van der Waals surface area contributed by atoms with E-state index in [-0.39, 0.29) is 17.5 Å². The summed E-state index contributed by atoms with van der Waals surface area (Å²) in [5.41, 5.74) is 6.29. The van der Waals surface area contributed by atoms with E-state index in [4.69, 9.17) is 4.74 Å². The summed E-state index contributed by atoms with van der Waals surface area (Å²) in [6.45, 7) is 21.3. The van der Waals surface area contributed by atoms with Crippen molar-refractivity contribution in [3.8, 4) is 0 Å². The molecule has 4 rings (SSSR count). The fourth-order valence-electron chi connectivity index (χ4n) is 9.98. The highest BCUT2D eigenvalue weighted by Crippen LogP contribution is 2.74. The van der Waals surface area contributed by atoms with Crippen LogP contribution in [0, 0.1) is 39.4 Å². The minimum absolute atomic E-state index is 0.0529. The first kappa shape index (κ1) is 26.0. The van der Waals surface area contributed by atoms with Gasteiger partial charge in [-0.05, 0) is 112 Å². The zero-order valence-corrected chi connectivity index (χ0v) is 23.8. The number of allylic oxidation sites excluding steroid dienone is 4. The molecule has 7 atom stereocenters. The van der Waals surface area contributed by atoms with Crippen LogP contribution in [0.5, 0.6) is 0 Å². The Morgan fingerprint density at radius 3 is 2.32 bits per heavy atom. The highest BCUT2D eigenvalue weighted by Gasteiger charge is 2.67. The number of ether oxygens (including phenoxy) is 1. The third-order valence-electron chi connectivity index (χ3n) is 11.9. The summed E-state index contributed by atoms with van der Waals surface area (Å²) in [5.74, 6) is 2.01. The maximum atomic E-state index is 11.8. The minimum Gasteiger partial charge on any atom is -0.462 e. The van der Waals surface area contributed by atoms with E-state index in [1.54, 1.807) is 6.92 Å². The monoisotopic (exact) mass is 468 g/mol. The molecule has 2 nitrogen and oxygen atoms in total. The second kappa shape index (κ2) is 8.81. The molecule has 0 saturated heterocycles. The van der Waals surface area contributed by atoms with Crippen LogP contribution in [0.2, 0.25) is 0 Å². The van der Waals surface area contributed by atoms with Crippen molar-refractivity contribution in [1.29, 1.82) is 0 Å². The predicted octanol–water partition coefficient (Wildman–Crippen LogP) is 9.05. The van der Waals surface area contributed by atoms with Gasteiger partial charge >= 0.3 is 5.97 Å². The standard InChI is InChI=1S/C32H52O2/c1-21(2)11-10-12-22(3)24-15-19-31(8)25(24)13-14-27-30(7)18-17-28(34-23(4)33)29(5,6)26(30)16-20-32(27,31)9/h11,22,26-28H,10,12-20H2,1-9H3/t22-,26-,27-,28-,30-,31+,32+/m0/s1. The Labute approximate surface area is 210 Å². The first-order valence-corrected chi connectivity index (χ1v) is 14.3. The molecule has 0 unspecified atom stereocenters. The Balaban J connectivity index is 1.62. The van der Waals surface area contributed by atoms with Crippen LogP contribution >= 0.6 is 0 Å². The van der Waals surface area contributed by atoms with Crippen molar-refractivity contribution in [3.63, 3.8) is 0 Å². The van der Waals surface area contributed by atoms with Crippen molar-refractivity contribution in [2.75, 3.05) is 0 Å². The van der Waals surface area contributed by atoms with Crippen LogP contribution < -0.4 is 0 Å². The van der Waals surface area contributed by atoms with E-state index in [9.17, 15) is 4.79 Å². The molecule has 192 valence electrons. The Hall–Kier alpha value is -1.05. The van der Waals surface area contributed by atoms with E-state index in [0.29, 0.717) is 22.2 Å². The summed E-state index contributed by atoms with van der Waals surface area (Å²) >= 11 is 0. The first-order valence-electron chi connectivity index (χ1n) is 14.3. The first-order chi connectivity index (χ1) is 15.8. The molecule has 0 radical (unpaired) electrons. The molecular formula is C32H52O2. The van der Waals surface area contributed by atoms with Crippen molar-refractivity contribution in [1.82, 2.24) is 0 Å². The van der Waals surface area contributed by atoms with Gasteiger partial charge in [-0.25, -0.2) is 0 Å². The highest BCUT2D eigenvalue weighted by molar-refractivity contribution is 5.66. The summed E-state index contributed by atoms with van der Waals surface area (Å²) in [5, 5.41) is 0. The van der Waals surface area contributed by atoms with Crippen molar-refractivity contribution < 1.29 is 9.53 Å². The summed E-state index contributed by atoms with van der Waals surface area (Å²) in [7, 11) is 0. The van der Waals surface area contributed by atoms with Crippen LogP contribution in [-0.4, -0.2) is 12.1 Å². The van der Waals surface area contributed by atoms with E-state index < -0.39 is 0 Å². The van der Waals surface area contributed by atoms with Gasteiger partial charge in [-0.2, -0.15) is 0 Å². The maximum absolute atomic E-state index is 11.8. The van der Waals surface area contributed by atoms with E-state index in [0.717, 1.165) is 18.3 Å². The summed E-state index contributed by atoms with van der Waals surface area (Å²) < 4.78 is 5.89. The van der Waals surface area contributed by atoms with E-state index >= 15 is 0 Å². The summed E-state index contributed by atoms with van der Waals surface area (Å²) in [4.78, 5) is 11.8. The van der Waals surface area contributed by atoms with Crippen LogP contribution in [0.1, 0.15) is 127 Å². The number of carbonyl (C=O) groups excluding carboxylic acids is 1. The third-order valence-corrected chi connectivity index (χ3v) is 11.9. The lowest BCUT2D eigenvalue weighted by Crippen LogP contribution is -2.63. The van der Waals surface area contributed by atoms with Gasteiger partial charge < -0.3 is 4.74 Å². The Morgan fingerprint density at radius 2 is 1.68 bits per heavy atom. The van der Waals surface area contributed by atoms with Gasteiger partial charge in [-0.1, -0.05) is 64.3 Å². The number of carbonyl (C=O) groups is 1. The van der Waals surface area contributed by atoms with Crippen LogP contribution in [0.25, 0.3) is 0 Å². The Bertz CT molecular complexity index is 873. The summed E-state index contributed by atoms with van der Waals surface area (Å²) in [6.07, 6.45) is 15.2. The average Bonchev–Trinajstić information content (AvgIpc) is 3.08. The van der Waals surface area contributed by atoms with Gasteiger partial charge in [0, 0.05) is 12.3 Å². The Kier molecular flexibility index (Phi) is 6.74. The molecule has 3 saturated carbocycles. The molecule has 0 amide bonds. The maximum Gasteiger partial charge on any atom is 0.302 e. The van der Waals surface area contributed by atoms with Gasteiger partial charge in [0.25, 0.3) is 0 Å². The molecule has 4 aliphatic rings. The van der Waals surface area contributed by atoms with Gasteiger partial charge in [0.1, 0.15) is 6.10 Å². The Morgan fingerprint density at radius 1 is 0.971 bits per heavy atom. The lowest BCUT2D eigenvalue weighted by Gasteiger charge is -2.69. The number of hydrogen-bond acceptors (Lipinski definition) is 2. The van der Waals surface area contributed by atoms with Gasteiger partial charge in [-0.3, -0.25) is 4.79 Å². The number of fused-ring (bicyclic) bond motifs is 5. The molecular weight excluding hydrogens is 416 g/mol. The van der Waals surface area contributed by atoms with Gasteiger partial charge in [0.05, 0.1) is 0 Å². The zero-order valence-electron chi connectivity index (χ0n) is 23.8. The number of rotatable bonds is 5. The molecule has 0 spiro atoms. The molecule has 34 heavy (non-hydrogen) atoms. The van der Waals surface area contributed by atoms with E-state index in [1.165, 1.54) is 63.4 Å². The fourth-order valence-corrected chi connectivity index (χ4v) is 9.98. The second-order valence-electron chi connectivity index (χ2n) is 14.2. The zero-order chi connectivity index (χ0) is 25.1. The molecule has 3 fully saturated rings. The molecule has 0 bridgehead atoms. The molecule has 0 aromatic heterocycles. The molecule has 0 aromatic carbocycles. The highest BCUT2D eigenvalue weighted by atomic mass is 16.5. The van der Waals surface area contributed by atoms with Crippen molar-refractivity contribution >= 4 is 5.97 Å². The molecule has 4 aliphatic carbocycles. The molecule has 0 N–H and O–H groups in total.